The average Bonchev–Trinajstić information content (AvgIpc) is 3.12. The molecule has 0 bridgehead atoms. The predicted octanol–water partition coefficient (Wildman–Crippen LogP) is 3.67. The second kappa shape index (κ2) is 6.25. The van der Waals surface area contributed by atoms with Crippen molar-refractivity contribution in [2.24, 2.45) is 5.92 Å². The number of ketones is 1. The van der Waals surface area contributed by atoms with E-state index in [9.17, 15) is 10.1 Å². The molecule has 0 amide bonds. The van der Waals surface area contributed by atoms with Crippen LogP contribution in [0, 0.1) is 24.2 Å². The van der Waals surface area contributed by atoms with Gasteiger partial charge in [-0.1, -0.05) is 13.8 Å². The summed E-state index contributed by atoms with van der Waals surface area (Å²) < 4.78 is 1.96. The molecule has 0 aromatic carbocycles. The summed E-state index contributed by atoms with van der Waals surface area (Å²) in [6.07, 6.45) is 3.83. The van der Waals surface area contributed by atoms with E-state index in [1.165, 1.54) is 11.3 Å². The number of nitrogens with zero attached hydrogens (tertiary/aromatic N) is 4. The number of Topliss-reactive ketones (excluding diaryl/α,β-unsaturated/α-hetero) is 1. The Kier molecular flexibility index (Phi) is 4.31. The van der Waals surface area contributed by atoms with E-state index in [1.54, 1.807) is 6.20 Å². The third-order valence-corrected chi connectivity index (χ3v) is 4.95. The van der Waals surface area contributed by atoms with E-state index in [0.29, 0.717) is 22.4 Å². The van der Waals surface area contributed by atoms with Gasteiger partial charge in [-0.2, -0.15) is 10.4 Å². The minimum Gasteiger partial charge on any atom is -0.292 e. The Bertz CT molecular complexity index is 764. The second-order valence-electron chi connectivity index (χ2n) is 6.55. The van der Waals surface area contributed by atoms with Gasteiger partial charge in [0.1, 0.15) is 5.01 Å². The molecule has 0 saturated heterocycles. The summed E-state index contributed by atoms with van der Waals surface area (Å²) in [5.41, 5.74) is 2.46. The quantitative estimate of drug-likeness (QED) is 0.758. The smallest absolute Gasteiger partial charge is 0.190 e. The molecular formula is C17H20N4OS. The maximum Gasteiger partial charge on any atom is 0.190 e. The van der Waals surface area contributed by atoms with E-state index in [4.69, 9.17) is 0 Å². The van der Waals surface area contributed by atoms with Crippen LogP contribution in [-0.2, 0) is 6.54 Å². The van der Waals surface area contributed by atoms with Crippen molar-refractivity contribution in [1.82, 2.24) is 14.8 Å². The Balaban J connectivity index is 1.95. The fourth-order valence-electron chi connectivity index (χ4n) is 2.75. The van der Waals surface area contributed by atoms with Crippen molar-refractivity contribution >= 4 is 17.1 Å². The van der Waals surface area contributed by atoms with Crippen LogP contribution in [0.4, 0.5) is 0 Å². The molecule has 1 aliphatic carbocycles. The normalized spacial score (nSPS) is 15.6. The maximum absolute atomic E-state index is 12.9. The van der Waals surface area contributed by atoms with Gasteiger partial charge < -0.3 is 0 Å². The zero-order chi connectivity index (χ0) is 16.6. The predicted molar refractivity (Wildman–Crippen MR) is 88.6 cm³/mol. The lowest BCUT2D eigenvalue weighted by molar-refractivity contribution is 0.0977. The summed E-state index contributed by atoms with van der Waals surface area (Å²) in [7, 11) is 0. The first-order valence-corrected chi connectivity index (χ1v) is 8.80. The summed E-state index contributed by atoms with van der Waals surface area (Å²) in [6, 6.07) is 2.13. The maximum atomic E-state index is 12.9. The summed E-state index contributed by atoms with van der Waals surface area (Å²) in [6.45, 7) is 6.94. The van der Waals surface area contributed by atoms with Gasteiger partial charge in [-0.05, 0) is 25.7 Å². The highest BCUT2D eigenvalue weighted by Gasteiger charge is 2.35. The Labute approximate surface area is 140 Å². The van der Waals surface area contributed by atoms with E-state index in [0.717, 1.165) is 30.8 Å². The highest BCUT2D eigenvalue weighted by molar-refractivity contribution is 7.10. The largest absolute Gasteiger partial charge is 0.292 e. The average molecular weight is 328 g/mol. The lowest BCUT2D eigenvalue weighted by Gasteiger charge is -2.11. The number of aromatic nitrogens is 3. The number of thiazole rings is 1. The van der Waals surface area contributed by atoms with Gasteiger partial charge in [0.2, 0.25) is 0 Å². The second-order valence-corrected chi connectivity index (χ2v) is 7.44. The Morgan fingerprint density at radius 2 is 2.26 bits per heavy atom. The molecule has 1 atom stereocenters. The van der Waals surface area contributed by atoms with E-state index < -0.39 is 5.92 Å². The van der Waals surface area contributed by atoms with E-state index >= 15 is 0 Å². The van der Waals surface area contributed by atoms with Gasteiger partial charge in [0.25, 0.3) is 0 Å². The first kappa shape index (κ1) is 15.9. The van der Waals surface area contributed by atoms with E-state index in [-0.39, 0.29) is 5.78 Å². The van der Waals surface area contributed by atoms with Crippen LogP contribution < -0.4 is 0 Å². The molecule has 5 nitrogen and oxygen atoms in total. The number of rotatable bonds is 6. The number of aryl methyl sites for hydroxylation is 1. The summed E-state index contributed by atoms with van der Waals surface area (Å²) in [5, 5.41) is 16.4. The third-order valence-electron chi connectivity index (χ3n) is 3.92. The van der Waals surface area contributed by atoms with Crippen molar-refractivity contribution in [3.63, 3.8) is 0 Å². The summed E-state index contributed by atoms with van der Waals surface area (Å²) in [5.74, 6) is -0.127. The van der Waals surface area contributed by atoms with Gasteiger partial charge in [0.05, 0.1) is 23.5 Å². The molecule has 120 valence electrons. The van der Waals surface area contributed by atoms with E-state index in [1.807, 2.05) is 17.0 Å². The number of nitriles is 1. The lowest BCUT2D eigenvalue weighted by Crippen LogP contribution is -2.15. The lowest BCUT2D eigenvalue weighted by atomic mass is 9.98. The summed E-state index contributed by atoms with van der Waals surface area (Å²) >= 11 is 1.37. The Morgan fingerprint density at radius 3 is 2.78 bits per heavy atom. The van der Waals surface area contributed by atoms with Crippen molar-refractivity contribution in [1.29, 1.82) is 5.26 Å². The molecule has 23 heavy (non-hydrogen) atoms. The number of hydrogen-bond donors (Lipinski definition) is 0. The fraction of sp³-hybridized carbons (Fsp3) is 0.529. The molecule has 2 aromatic rings. The molecular weight excluding hydrogens is 308 g/mol. The van der Waals surface area contributed by atoms with Gasteiger partial charge in [-0.3, -0.25) is 9.48 Å². The molecule has 0 aliphatic heterocycles. The topological polar surface area (TPSA) is 71.6 Å². The van der Waals surface area contributed by atoms with Crippen molar-refractivity contribution in [3.8, 4) is 6.07 Å². The standard InChI is InChI=1S/C17H20N4OS/c1-10(2)8-21-15(12-4-5-12)14(7-19-21)16(22)13(6-18)17-20-11(3)9-23-17/h7,9-10,12-13H,4-5,8H2,1-3H3/t13-/m1/s1. The number of carbonyl (C=O) groups excluding carboxylic acids is 1. The molecule has 1 saturated carbocycles. The van der Waals surface area contributed by atoms with Crippen molar-refractivity contribution in [2.45, 2.75) is 52.0 Å². The molecule has 6 heteroatoms. The van der Waals surface area contributed by atoms with Gasteiger partial charge in [0.15, 0.2) is 11.7 Å². The molecule has 1 fully saturated rings. The van der Waals surface area contributed by atoms with Crippen LogP contribution in [0.3, 0.4) is 0 Å². The summed E-state index contributed by atoms with van der Waals surface area (Å²) in [4.78, 5) is 17.3. The molecule has 0 radical (unpaired) electrons. The third kappa shape index (κ3) is 3.20. The van der Waals surface area contributed by atoms with Crippen LogP contribution in [0.5, 0.6) is 0 Å². The monoisotopic (exact) mass is 328 g/mol. The van der Waals surface area contributed by atoms with Crippen molar-refractivity contribution in [3.05, 3.63) is 33.5 Å². The van der Waals surface area contributed by atoms with Gasteiger partial charge >= 0.3 is 0 Å². The van der Waals surface area contributed by atoms with Gasteiger partial charge in [0, 0.05) is 23.5 Å². The van der Waals surface area contributed by atoms with Crippen LogP contribution >= 0.6 is 11.3 Å². The molecule has 0 unspecified atom stereocenters. The number of carbonyl (C=O) groups is 1. The molecule has 2 heterocycles. The van der Waals surface area contributed by atoms with E-state index in [2.05, 4.69) is 30.0 Å². The van der Waals surface area contributed by atoms with Crippen LogP contribution in [0.25, 0.3) is 0 Å². The minimum atomic E-state index is -0.831. The highest BCUT2D eigenvalue weighted by atomic mass is 32.1. The Hall–Kier alpha value is -2.00. The first-order chi connectivity index (χ1) is 11.0. The van der Waals surface area contributed by atoms with Crippen LogP contribution in [0.1, 0.15) is 65.3 Å². The van der Waals surface area contributed by atoms with Crippen molar-refractivity contribution in [2.75, 3.05) is 0 Å². The van der Waals surface area contributed by atoms with Crippen molar-refractivity contribution < 1.29 is 4.79 Å². The molecule has 0 spiro atoms. The molecule has 0 N–H and O–H groups in total. The van der Waals surface area contributed by atoms with Crippen LogP contribution in [-0.4, -0.2) is 20.5 Å². The molecule has 1 aliphatic rings. The number of hydrogen-bond acceptors (Lipinski definition) is 5. The Morgan fingerprint density at radius 1 is 1.52 bits per heavy atom. The SMILES string of the molecule is Cc1csc([C@H](C#N)C(=O)c2cnn(CC(C)C)c2C2CC2)n1. The fourth-order valence-corrected chi connectivity index (χ4v) is 3.59. The highest BCUT2D eigenvalue weighted by Crippen LogP contribution is 2.42. The van der Waals surface area contributed by atoms with Crippen LogP contribution in [0.15, 0.2) is 11.6 Å². The zero-order valence-corrected chi connectivity index (χ0v) is 14.4. The van der Waals surface area contributed by atoms with Crippen LogP contribution in [0.2, 0.25) is 0 Å². The zero-order valence-electron chi connectivity index (χ0n) is 13.6. The van der Waals surface area contributed by atoms with Gasteiger partial charge in [-0.25, -0.2) is 4.98 Å². The first-order valence-electron chi connectivity index (χ1n) is 7.92. The molecule has 2 aromatic heterocycles. The van der Waals surface area contributed by atoms with Gasteiger partial charge in [-0.15, -0.1) is 11.3 Å². The molecule has 3 rings (SSSR count). The minimum absolute atomic E-state index is 0.168.